The maximum atomic E-state index is 8.97. The van der Waals surface area contributed by atoms with Crippen LogP contribution in [0.15, 0.2) is 23.8 Å². The lowest BCUT2D eigenvalue weighted by molar-refractivity contribution is 0.231. The molecule has 3 unspecified atom stereocenters. The zero-order valence-electron chi connectivity index (χ0n) is 10.8. The number of hydrogen-bond donors (Lipinski definition) is 1. The van der Waals surface area contributed by atoms with E-state index in [0.717, 1.165) is 17.9 Å². The van der Waals surface area contributed by atoms with Crippen LogP contribution in [0.25, 0.3) is 0 Å². The second-order valence-electron chi connectivity index (χ2n) is 6.21. The van der Waals surface area contributed by atoms with Crippen molar-refractivity contribution in [3.63, 3.8) is 0 Å². The topological polar surface area (TPSA) is 20.2 Å². The molecule has 3 atom stereocenters. The maximum Gasteiger partial charge on any atom is 0.0639 e. The maximum absolute atomic E-state index is 8.97. The largest absolute Gasteiger partial charge is 0.392 e. The summed E-state index contributed by atoms with van der Waals surface area (Å²) >= 11 is 0. The molecule has 0 aliphatic heterocycles. The van der Waals surface area contributed by atoms with Gasteiger partial charge in [0.05, 0.1) is 6.61 Å². The summed E-state index contributed by atoms with van der Waals surface area (Å²) < 4.78 is 0. The lowest BCUT2D eigenvalue weighted by Crippen LogP contribution is -2.25. The highest BCUT2D eigenvalue weighted by Crippen LogP contribution is 2.74. The summed E-state index contributed by atoms with van der Waals surface area (Å²) in [5.41, 5.74) is 3.42. The molecule has 0 aromatic rings. The fourth-order valence-corrected chi connectivity index (χ4v) is 3.49. The molecule has 16 heavy (non-hydrogen) atoms. The van der Waals surface area contributed by atoms with E-state index in [-0.39, 0.29) is 6.61 Å². The third-order valence-corrected chi connectivity index (χ3v) is 5.33. The van der Waals surface area contributed by atoms with Crippen molar-refractivity contribution >= 4 is 0 Å². The lowest BCUT2D eigenvalue weighted by Gasteiger charge is -2.34. The molecule has 0 heterocycles. The summed E-state index contributed by atoms with van der Waals surface area (Å²) in [6.45, 7) is 11.3. The molecule has 2 fully saturated rings. The van der Waals surface area contributed by atoms with Gasteiger partial charge >= 0.3 is 0 Å². The lowest BCUT2D eigenvalue weighted by atomic mass is 9.70. The van der Waals surface area contributed by atoms with Crippen LogP contribution in [0.1, 0.15) is 46.5 Å². The summed E-state index contributed by atoms with van der Waals surface area (Å²) in [5, 5.41) is 8.97. The Morgan fingerprint density at radius 3 is 2.75 bits per heavy atom. The first kappa shape index (κ1) is 11.9. The Hall–Kier alpha value is -0.560. The number of hydrogen-bond acceptors (Lipinski definition) is 1. The van der Waals surface area contributed by atoms with Crippen LogP contribution in [0, 0.1) is 16.7 Å². The molecule has 0 radical (unpaired) electrons. The van der Waals surface area contributed by atoms with Crippen molar-refractivity contribution in [3.05, 3.63) is 23.8 Å². The highest BCUT2D eigenvalue weighted by molar-refractivity contribution is 5.31. The number of rotatable bonds is 4. The average Bonchev–Trinajstić information content (AvgIpc) is 2.85. The normalized spacial score (nSPS) is 42.4. The van der Waals surface area contributed by atoms with Gasteiger partial charge in [0.1, 0.15) is 0 Å². The molecule has 2 aliphatic rings. The predicted molar refractivity (Wildman–Crippen MR) is 68.2 cm³/mol. The summed E-state index contributed by atoms with van der Waals surface area (Å²) in [4.78, 5) is 0. The van der Waals surface area contributed by atoms with Crippen LogP contribution >= 0.6 is 0 Å². The van der Waals surface area contributed by atoms with Gasteiger partial charge < -0.3 is 5.11 Å². The molecule has 2 aliphatic carbocycles. The van der Waals surface area contributed by atoms with E-state index >= 15 is 0 Å². The highest BCUT2D eigenvalue weighted by atomic mass is 16.3. The quantitative estimate of drug-likeness (QED) is 0.716. The molecule has 2 rings (SSSR count). The highest BCUT2D eigenvalue weighted by Gasteiger charge is 2.66. The fourth-order valence-electron chi connectivity index (χ4n) is 3.49. The second kappa shape index (κ2) is 3.73. The van der Waals surface area contributed by atoms with Crippen molar-refractivity contribution in [3.8, 4) is 0 Å². The zero-order chi connectivity index (χ0) is 12.0. The van der Waals surface area contributed by atoms with Crippen molar-refractivity contribution in [2.75, 3.05) is 6.61 Å². The predicted octanol–water partition coefficient (Wildman–Crippen LogP) is 3.70. The van der Waals surface area contributed by atoms with Crippen LogP contribution in [-0.4, -0.2) is 11.7 Å². The summed E-state index contributed by atoms with van der Waals surface area (Å²) in [6, 6.07) is 0. The van der Waals surface area contributed by atoms with E-state index in [1.807, 2.05) is 6.92 Å². The van der Waals surface area contributed by atoms with Gasteiger partial charge in [0, 0.05) is 0 Å². The van der Waals surface area contributed by atoms with Gasteiger partial charge in [0.2, 0.25) is 0 Å². The molecule has 0 amide bonds. The van der Waals surface area contributed by atoms with Gasteiger partial charge in [0.25, 0.3) is 0 Å². The minimum atomic E-state index is 0.192. The SMILES string of the molecule is C=C1CC2CC2(C)C1(C)CC/C=C(/C)CO. The van der Waals surface area contributed by atoms with E-state index in [2.05, 4.69) is 26.5 Å². The van der Waals surface area contributed by atoms with Gasteiger partial charge in [-0.2, -0.15) is 0 Å². The van der Waals surface area contributed by atoms with Crippen LogP contribution in [0.5, 0.6) is 0 Å². The van der Waals surface area contributed by atoms with E-state index < -0.39 is 0 Å². The monoisotopic (exact) mass is 220 g/mol. The van der Waals surface area contributed by atoms with Crippen LogP contribution in [0.2, 0.25) is 0 Å². The Morgan fingerprint density at radius 1 is 1.56 bits per heavy atom. The summed E-state index contributed by atoms with van der Waals surface area (Å²) in [5.74, 6) is 0.910. The molecule has 0 aromatic carbocycles. The number of fused-ring (bicyclic) bond motifs is 1. The molecule has 90 valence electrons. The third kappa shape index (κ3) is 1.57. The Labute approximate surface area is 99.3 Å². The van der Waals surface area contributed by atoms with E-state index in [1.165, 1.54) is 24.8 Å². The minimum absolute atomic E-state index is 0.192. The van der Waals surface area contributed by atoms with Crippen molar-refractivity contribution in [1.29, 1.82) is 0 Å². The van der Waals surface area contributed by atoms with E-state index in [1.54, 1.807) is 0 Å². The van der Waals surface area contributed by atoms with Crippen molar-refractivity contribution in [2.45, 2.75) is 46.5 Å². The van der Waals surface area contributed by atoms with Crippen LogP contribution in [0.3, 0.4) is 0 Å². The average molecular weight is 220 g/mol. The van der Waals surface area contributed by atoms with Gasteiger partial charge in [-0.25, -0.2) is 0 Å². The Balaban J connectivity index is 2.00. The molecule has 1 nitrogen and oxygen atoms in total. The first-order chi connectivity index (χ1) is 7.44. The second-order valence-corrected chi connectivity index (χ2v) is 6.21. The molecule has 2 saturated carbocycles. The van der Waals surface area contributed by atoms with E-state index in [9.17, 15) is 0 Å². The fraction of sp³-hybridized carbons (Fsp3) is 0.733. The standard InChI is InChI=1S/C15H24O/c1-11(10-16)6-5-7-14(3)12(2)8-13-9-15(13,14)4/h6,13,16H,2,5,7-10H2,1,3-4H3/b11-6-. The van der Waals surface area contributed by atoms with Gasteiger partial charge in [-0.1, -0.05) is 37.6 Å². The van der Waals surface area contributed by atoms with E-state index in [0.29, 0.717) is 10.8 Å². The third-order valence-electron chi connectivity index (χ3n) is 5.33. The van der Waals surface area contributed by atoms with Crippen molar-refractivity contribution in [1.82, 2.24) is 0 Å². The number of aliphatic hydroxyl groups excluding tert-OH is 1. The summed E-state index contributed by atoms with van der Waals surface area (Å²) in [7, 11) is 0. The van der Waals surface area contributed by atoms with E-state index in [4.69, 9.17) is 5.11 Å². The van der Waals surface area contributed by atoms with Crippen molar-refractivity contribution < 1.29 is 5.11 Å². The number of aliphatic hydroxyl groups is 1. The smallest absolute Gasteiger partial charge is 0.0639 e. The molecule has 0 aromatic heterocycles. The molecule has 0 bridgehead atoms. The molecule has 0 saturated heterocycles. The van der Waals surface area contributed by atoms with Crippen LogP contribution < -0.4 is 0 Å². The molecule has 1 N–H and O–H groups in total. The van der Waals surface area contributed by atoms with Gasteiger partial charge in [0.15, 0.2) is 0 Å². The Bertz CT molecular complexity index is 341. The zero-order valence-corrected chi connectivity index (χ0v) is 10.8. The number of allylic oxidation sites excluding steroid dienone is 2. The first-order valence-corrected chi connectivity index (χ1v) is 6.39. The van der Waals surface area contributed by atoms with Gasteiger partial charge in [-0.3, -0.25) is 0 Å². The molecular formula is C15H24O. The van der Waals surface area contributed by atoms with Crippen LogP contribution in [-0.2, 0) is 0 Å². The molecular weight excluding hydrogens is 196 g/mol. The Morgan fingerprint density at radius 2 is 2.25 bits per heavy atom. The minimum Gasteiger partial charge on any atom is -0.392 e. The van der Waals surface area contributed by atoms with Gasteiger partial charge in [-0.15, -0.1) is 0 Å². The molecule has 0 spiro atoms. The van der Waals surface area contributed by atoms with Crippen LogP contribution in [0.4, 0.5) is 0 Å². The molecule has 1 heteroatoms. The summed E-state index contributed by atoms with van der Waals surface area (Å²) in [6.07, 6.45) is 7.08. The Kier molecular flexibility index (Phi) is 2.78. The first-order valence-electron chi connectivity index (χ1n) is 6.39. The van der Waals surface area contributed by atoms with Crippen molar-refractivity contribution in [2.24, 2.45) is 16.7 Å². The van der Waals surface area contributed by atoms with Gasteiger partial charge in [-0.05, 0) is 49.4 Å².